The average Bonchev–Trinajstić information content (AvgIpc) is 2.72. The molecule has 0 bridgehead atoms. The third-order valence-corrected chi connectivity index (χ3v) is 5.65. The fourth-order valence-electron chi connectivity index (χ4n) is 2.84. The lowest BCUT2D eigenvalue weighted by molar-refractivity contribution is 0.282. The molecule has 5 heteroatoms. The summed E-state index contributed by atoms with van der Waals surface area (Å²) in [7, 11) is 1.66. The number of ether oxygens (including phenoxy) is 2. The lowest BCUT2D eigenvalue weighted by Crippen LogP contribution is -2.04. The van der Waals surface area contributed by atoms with Crippen molar-refractivity contribution >= 4 is 39.9 Å². The van der Waals surface area contributed by atoms with Gasteiger partial charge in [-0.3, -0.25) is 0 Å². The third-order valence-electron chi connectivity index (χ3n) is 4.48. The molecular formula is C23H23ClINO2. The molecule has 3 aromatic carbocycles. The summed E-state index contributed by atoms with van der Waals surface area (Å²) in [5, 5.41) is 4.16. The Bertz CT molecular complexity index is 928. The first-order chi connectivity index (χ1) is 13.6. The van der Waals surface area contributed by atoms with Crippen LogP contribution in [0.25, 0.3) is 0 Å². The predicted octanol–water partition coefficient (Wildman–Crippen LogP) is 6.71. The summed E-state index contributed by atoms with van der Waals surface area (Å²) in [6.45, 7) is 3.27. The molecule has 0 spiro atoms. The van der Waals surface area contributed by atoms with Crippen molar-refractivity contribution < 1.29 is 9.47 Å². The van der Waals surface area contributed by atoms with Gasteiger partial charge in [0.05, 0.1) is 10.7 Å². The van der Waals surface area contributed by atoms with Crippen LogP contribution in [-0.2, 0) is 19.6 Å². The number of halogens is 2. The molecule has 28 heavy (non-hydrogen) atoms. The van der Waals surface area contributed by atoms with E-state index in [1.165, 1.54) is 5.56 Å². The Morgan fingerprint density at radius 2 is 1.75 bits per heavy atom. The number of hydrogen-bond acceptors (Lipinski definition) is 3. The topological polar surface area (TPSA) is 30.5 Å². The lowest BCUT2D eigenvalue weighted by Gasteiger charge is -2.15. The minimum Gasteiger partial charge on any atom is -0.493 e. The molecule has 0 aromatic heterocycles. The standard InChI is InChI=1S/C23H23ClINO2/c1-3-16-8-10-19(11-9-16)26-14-17-12-21(25)23(22(13-17)27-2)28-15-18-6-4-5-7-20(18)24/h4-13,26H,3,14-15H2,1-2H3. The van der Waals surface area contributed by atoms with Gasteiger partial charge in [0.15, 0.2) is 11.5 Å². The van der Waals surface area contributed by atoms with Crippen molar-refractivity contribution in [3.8, 4) is 11.5 Å². The van der Waals surface area contributed by atoms with Crippen molar-refractivity contribution in [2.45, 2.75) is 26.5 Å². The van der Waals surface area contributed by atoms with Gasteiger partial charge in [0.1, 0.15) is 6.61 Å². The number of anilines is 1. The molecule has 1 N–H and O–H groups in total. The smallest absolute Gasteiger partial charge is 0.174 e. The number of methoxy groups -OCH3 is 1. The summed E-state index contributed by atoms with van der Waals surface area (Å²) >= 11 is 8.51. The Morgan fingerprint density at radius 3 is 2.43 bits per heavy atom. The van der Waals surface area contributed by atoms with E-state index >= 15 is 0 Å². The van der Waals surface area contributed by atoms with Crippen molar-refractivity contribution in [3.63, 3.8) is 0 Å². The fourth-order valence-corrected chi connectivity index (χ4v) is 3.85. The summed E-state index contributed by atoms with van der Waals surface area (Å²) in [5.74, 6) is 1.45. The normalized spacial score (nSPS) is 10.6. The van der Waals surface area contributed by atoms with Gasteiger partial charge in [-0.2, -0.15) is 0 Å². The molecule has 0 heterocycles. The summed E-state index contributed by atoms with van der Waals surface area (Å²) in [4.78, 5) is 0. The second kappa shape index (κ2) is 10.0. The summed E-state index contributed by atoms with van der Waals surface area (Å²) in [5.41, 5.74) is 4.52. The summed E-state index contributed by atoms with van der Waals surface area (Å²) < 4.78 is 12.6. The van der Waals surface area contributed by atoms with Crippen molar-refractivity contribution in [3.05, 3.63) is 85.9 Å². The zero-order chi connectivity index (χ0) is 19.9. The van der Waals surface area contributed by atoms with Crippen LogP contribution in [0.1, 0.15) is 23.6 Å². The molecule has 146 valence electrons. The molecule has 0 aliphatic carbocycles. The SMILES string of the molecule is CCc1ccc(NCc2cc(I)c(OCc3ccccc3Cl)c(OC)c2)cc1. The van der Waals surface area contributed by atoms with E-state index in [0.717, 1.165) is 38.3 Å². The number of hydrogen-bond donors (Lipinski definition) is 1. The van der Waals surface area contributed by atoms with Crippen molar-refractivity contribution in [2.75, 3.05) is 12.4 Å². The molecule has 3 rings (SSSR count). The molecule has 0 saturated carbocycles. The van der Waals surface area contributed by atoms with Crippen LogP contribution in [0.3, 0.4) is 0 Å². The molecule has 0 aliphatic rings. The molecule has 0 saturated heterocycles. The quantitative estimate of drug-likeness (QED) is 0.344. The number of aryl methyl sites for hydroxylation is 1. The number of benzene rings is 3. The average molecular weight is 508 g/mol. The maximum absolute atomic E-state index is 6.23. The van der Waals surface area contributed by atoms with E-state index in [-0.39, 0.29) is 0 Å². The van der Waals surface area contributed by atoms with Crippen LogP contribution >= 0.6 is 34.2 Å². The van der Waals surface area contributed by atoms with Crippen LogP contribution < -0.4 is 14.8 Å². The van der Waals surface area contributed by atoms with Crippen LogP contribution in [0.5, 0.6) is 11.5 Å². The highest BCUT2D eigenvalue weighted by Gasteiger charge is 2.13. The van der Waals surface area contributed by atoms with Crippen LogP contribution in [0, 0.1) is 3.57 Å². The van der Waals surface area contributed by atoms with E-state index in [0.29, 0.717) is 18.2 Å². The Kier molecular flexibility index (Phi) is 7.45. The highest BCUT2D eigenvalue weighted by molar-refractivity contribution is 14.1. The van der Waals surface area contributed by atoms with Crippen molar-refractivity contribution in [2.24, 2.45) is 0 Å². The first-order valence-corrected chi connectivity index (χ1v) is 10.6. The Morgan fingerprint density at radius 1 is 1.00 bits per heavy atom. The van der Waals surface area contributed by atoms with Gasteiger partial charge < -0.3 is 14.8 Å². The Balaban J connectivity index is 1.70. The fraction of sp³-hybridized carbons (Fsp3) is 0.217. The van der Waals surface area contributed by atoms with Gasteiger partial charge in [0.2, 0.25) is 0 Å². The van der Waals surface area contributed by atoms with E-state index in [4.69, 9.17) is 21.1 Å². The largest absolute Gasteiger partial charge is 0.493 e. The highest BCUT2D eigenvalue weighted by Crippen LogP contribution is 2.35. The van der Waals surface area contributed by atoms with Crippen molar-refractivity contribution in [1.29, 1.82) is 0 Å². The highest BCUT2D eigenvalue weighted by atomic mass is 127. The van der Waals surface area contributed by atoms with E-state index in [2.05, 4.69) is 65.2 Å². The molecule has 0 radical (unpaired) electrons. The van der Waals surface area contributed by atoms with Gasteiger partial charge in [-0.1, -0.05) is 48.9 Å². The van der Waals surface area contributed by atoms with Gasteiger partial charge in [-0.25, -0.2) is 0 Å². The van der Waals surface area contributed by atoms with Crippen LogP contribution in [-0.4, -0.2) is 7.11 Å². The van der Waals surface area contributed by atoms with Crippen LogP contribution in [0.2, 0.25) is 5.02 Å². The molecule has 0 amide bonds. The molecule has 0 atom stereocenters. The summed E-state index contributed by atoms with van der Waals surface area (Å²) in [6.07, 6.45) is 1.05. The van der Waals surface area contributed by atoms with Gasteiger partial charge in [-0.05, 0) is 70.5 Å². The van der Waals surface area contributed by atoms with Crippen LogP contribution in [0.15, 0.2) is 60.7 Å². The van der Waals surface area contributed by atoms with E-state index in [1.807, 2.05) is 30.3 Å². The second-order valence-electron chi connectivity index (χ2n) is 6.39. The zero-order valence-electron chi connectivity index (χ0n) is 16.0. The summed E-state index contributed by atoms with van der Waals surface area (Å²) in [6, 6.07) is 20.3. The minimum atomic E-state index is 0.396. The lowest BCUT2D eigenvalue weighted by atomic mass is 10.1. The minimum absolute atomic E-state index is 0.396. The number of rotatable bonds is 8. The molecule has 0 unspecified atom stereocenters. The zero-order valence-corrected chi connectivity index (χ0v) is 18.9. The van der Waals surface area contributed by atoms with Gasteiger partial charge >= 0.3 is 0 Å². The first kappa shape index (κ1) is 20.8. The van der Waals surface area contributed by atoms with Crippen molar-refractivity contribution in [1.82, 2.24) is 0 Å². The van der Waals surface area contributed by atoms with E-state index in [1.54, 1.807) is 7.11 Å². The van der Waals surface area contributed by atoms with E-state index in [9.17, 15) is 0 Å². The van der Waals surface area contributed by atoms with Gasteiger partial charge in [-0.15, -0.1) is 0 Å². The Labute approximate surface area is 185 Å². The molecule has 0 aliphatic heterocycles. The van der Waals surface area contributed by atoms with E-state index < -0.39 is 0 Å². The maximum Gasteiger partial charge on any atom is 0.174 e. The Hall–Kier alpha value is -1.92. The van der Waals surface area contributed by atoms with Gasteiger partial charge in [0.25, 0.3) is 0 Å². The van der Waals surface area contributed by atoms with Gasteiger partial charge in [0, 0.05) is 22.8 Å². The molecule has 3 aromatic rings. The molecule has 3 nitrogen and oxygen atoms in total. The van der Waals surface area contributed by atoms with Crippen LogP contribution in [0.4, 0.5) is 5.69 Å². The predicted molar refractivity (Wildman–Crippen MR) is 125 cm³/mol. The molecular weight excluding hydrogens is 485 g/mol. The number of nitrogens with one attached hydrogen (secondary N) is 1. The molecule has 0 fully saturated rings. The second-order valence-corrected chi connectivity index (χ2v) is 7.96. The maximum atomic E-state index is 6.23. The monoisotopic (exact) mass is 507 g/mol. The first-order valence-electron chi connectivity index (χ1n) is 9.16. The third kappa shape index (κ3) is 5.32.